The van der Waals surface area contributed by atoms with Crippen molar-refractivity contribution in [2.45, 2.75) is 29.5 Å². The van der Waals surface area contributed by atoms with E-state index < -0.39 is 23.0 Å². The van der Waals surface area contributed by atoms with Crippen molar-refractivity contribution in [2.75, 3.05) is 32.8 Å². The predicted molar refractivity (Wildman–Crippen MR) is 182 cm³/mol. The van der Waals surface area contributed by atoms with Gasteiger partial charge >= 0.3 is 6.09 Å². The number of non-ortho nitro benzene ring substituents is 1. The molecule has 0 saturated carbocycles. The summed E-state index contributed by atoms with van der Waals surface area (Å²) in [6.45, 7) is 1.66. The van der Waals surface area contributed by atoms with Crippen LogP contribution in [0, 0.1) is 10.1 Å². The molecule has 0 bridgehead atoms. The van der Waals surface area contributed by atoms with Gasteiger partial charge in [-0.3, -0.25) is 25.2 Å². The van der Waals surface area contributed by atoms with Crippen LogP contribution in [0.3, 0.4) is 0 Å². The number of carbonyl (C=O) groups is 2. The maximum atomic E-state index is 14.0. The molecule has 1 aromatic heterocycles. The van der Waals surface area contributed by atoms with Crippen molar-refractivity contribution < 1.29 is 33.8 Å². The summed E-state index contributed by atoms with van der Waals surface area (Å²) in [6.07, 6.45) is 3.10. The zero-order valence-corrected chi connectivity index (χ0v) is 27.4. The Kier molecular flexibility index (Phi) is 10.9. The zero-order valence-electron chi connectivity index (χ0n) is 25.7. The molecular weight excluding hydrogens is 645 g/mol. The van der Waals surface area contributed by atoms with Crippen LogP contribution < -0.4 is 14.8 Å². The fraction of sp³-hybridized carbons (Fsp3) is 0.242. The van der Waals surface area contributed by atoms with Gasteiger partial charge in [0.15, 0.2) is 11.5 Å². The Balaban J connectivity index is 1.30. The lowest BCUT2D eigenvalue weighted by Crippen LogP contribution is -2.36. The van der Waals surface area contributed by atoms with Crippen LogP contribution in [0.1, 0.15) is 29.3 Å². The molecule has 2 N–H and O–H groups in total. The molecule has 0 radical (unpaired) electrons. The van der Waals surface area contributed by atoms with Crippen molar-refractivity contribution in [2.24, 2.45) is 0 Å². The molecule has 1 unspecified atom stereocenters. The first-order chi connectivity index (χ1) is 22.7. The lowest BCUT2D eigenvalue weighted by atomic mass is 10.0. The molecule has 1 aliphatic heterocycles. The van der Waals surface area contributed by atoms with Gasteiger partial charge in [0.1, 0.15) is 6.61 Å². The number of carbonyl (C=O) groups excluding carboxylic acids is 2. The number of nitrogens with one attached hydrogen (secondary N) is 1. The van der Waals surface area contributed by atoms with E-state index >= 15 is 0 Å². The summed E-state index contributed by atoms with van der Waals surface area (Å²) in [5.41, 5.74) is 2.91. The van der Waals surface area contributed by atoms with E-state index in [4.69, 9.17) is 14.2 Å². The third-order valence-corrected chi connectivity index (χ3v) is 10.2. The minimum atomic E-state index is -0.778. The molecule has 2 amide bonds. The number of aromatic nitrogens is 1. The van der Waals surface area contributed by atoms with Crippen LogP contribution in [0.25, 0.3) is 16.5 Å². The van der Waals surface area contributed by atoms with Gasteiger partial charge in [0.05, 0.1) is 48.6 Å². The molecule has 2 atom stereocenters. The number of rotatable bonds is 12. The minimum Gasteiger partial charge on any atom is -0.493 e. The summed E-state index contributed by atoms with van der Waals surface area (Å²) >= 11 is 0. The molecule has 0 spiro atoms. The van der Waals surface area contributed by atoms with Gasteiger partial charge in [-0.1, -0.05) is 33.7 Å². The molecule has 12 nitrogen and oxygen atoms in total. The molecule has 244 valence electrons. The maximum Gasteiger partial charge on any atom is 0.411 e. The minimum absolute atomic E-state index is 0.0104. The summed E-state index contributed by atoms with van der Waals surface area (Å²) in [6, 6.07) is 18.3. The van der Waals surface area contributed by atoms with Crippen molar-refractivity contribution in [1.29, 1.82) is 0 Å². The van der Waals surface area contributed by atoms with E-state index in [1.54, 1.807) is 24.5 Å². The highest BCUT2D eigenvalue weighted by Crippen LogP contribution is 2.38. The predicted octanol–water partition coefficient (Wildman–Crippen LogP) is 6.79. The summed E-state index contributed by atoms with van der Waals surface area (Å²) < 4.78 is 16.3. The van der Waals surface area contributed by atoms with Crippen molar-refractivity contribution in [3.8, 4) is 11.5 Å². The summed E-state index contributed by atoms with van der Waals surface area (Å²) in [4.78, 5) is 44.1. The largest absolute Gasteiger partial charge is 0.493 e. The fourth-order valence-electron chi connectivity index (χ4n) is 4.95. The summed E-state index contributed by atoms with van der Waals surface area (Å²) in [7, 11) is 5.74. The number of aliphatic hydroxyl groups excluding tert-OH is 1. The molecule has 3 aromatic carbocycles. The highest BCUT2D eigenvalue weighted by atomic mass is 33.1. The van der Waals surface area contributed by atoms with E-state index in [2.05, 4.69) is 10.3 Å². The molecule has 5 rings (SSSR count). The number of methoxy groups -OCH3 is 2. The quantitative estimate of drug-likeness (QED) is 0.0927. The van der Waals surface area contributed by atoms with E-state index in [1.165, 1.54) is 65.0 Å². The summed E-state index contributed by atoms with van der Waals surface area (Å²) in [5.74, 6) is 0.124. The molecular formula is C33H32N4O8S2. The Morgan fingerprint density at radius 3 is 2.55 bits per heavy atom. The lowest BCUT2D eigenvalue weighted by Gasteiger charge is -2.24. The smallest absolute Gasteiger partial charge is 0.411 e. The van der Waals surface area contributed by atoms with Gasteiger partial charge in [0.2, 0.25) is 0 Å². The second-order valence-electron chi connectivity index (χ2n) is 10.5. The lowest BCUT2D eigenvalue weighted by molar-refractivity contribution is -0.384. The van der Waals surface area contributed by atoms with Crippen LogP contribution in [0.4, 0.5) is 16.2 Å². The topological polar surface area (TPSA) is 153 Å². The van der Waals surface area contributed by atoms with Crippen molar-refractivity contribution in [3.63, 3.8) is 0 Å². The Morgan fingerprint density at radius 2 is 1.85 bits per heavy atom. The van der Waals surface area contributed by atoms with Crippen molar-refractivity contribution in [3.05, 3.63) is 100 Å². The molecule has 0 aliphatic carbocycles. The van der Waals surface area contributed by atoms with Crippen molar-refractivity contribution in [1.82, 2.24) is 9.88 Å². The summed E-state index contributed by atoms with van der Waals surface area (Å²) in [5, 5.41) is 24.6. The number of aliphatic hydroxyl groups is 1. The van der Waals surface area contributed by atoms with Gasteiger partial charge in [0.25, 0.3) is 11.6 Å². The number of nitro groups is 1. The van der Waals surface area contributed by atoms with E-state index in [-0.39, 0.29) is 41.2 Å². The molecule has 0 fully saturated rings. The first-order valence-corrected chi connectivity index (χ1v) is 16.7. The van der Waals surface area contributed by atoms with Crippen LogP contribution in [-0.4, -0.2) is 70.6 Å². The normalized spacial score (nSPS) is 14.8. The van der Waals surface area contributed by atoms with Crippen LogP contribution in [0.15, 0.2) is 84.0 Å². The Morgan fingerprint density at radius 1 is 1.11 bits per heavy atom. The first kappa shape index (κ1) is 33.6. The molecule has 0 saturated heterocycles. The number of nitrogens with zero attached hydrogens (tertiary/aromatic N) is 3. The number of anilines is 1. The SMILES string of the molecule is COc1cc(NC(=O)OC[C@@H](C)SSc2ccc([N+](=O)[O-])cc2)c(C(=O)N2C=C(c3ccc4ncccc4c3)CC2CO)cc1OC. The number of benzene rings is 3. The van der Waals surface area contributed by atoms with Gasteiger partial charge < -0.3 is 24.2 Å². The Bertz CT molecular complexity index is 1820. The molecule has 1 aliphatic rings. The van der Waals surface area contributed by atoms with E-state index in [0.29, 0.717) is 12.2 Å². The molecule has 14 heteroatoms. The zero-order chi connectivity index (χ0) is 33.5. The second kappa shape index (κ2) is 15.2. The van der Waals surface area contributed by atoms with Crippen LogP contribution in [0.2, 0.25) is 0 Å². The first-order valence-electron chi connectivity index (χ1n) is 14.5. The van der Waals surface area contributed by atoms with Crippen LogP contribution >= 0.6 is 21.6 Å². The van der Waals surface area contributed by atoms with Crippen LogP contribution in [-0.2, 0) is 4.74 Å². The van der Waals surface area contributed by atoms with Gasteiger partial charge in [-0.2, -0.15) is 0 Å². The number of hydrogen-bond acceptors (Lipinski definition) is 11. The van der Waals surface area contributed by atoms with Gasteiger partial charge in [-0.25, -0.2) is 4.79 Å². The van der Waals surface area contributed by atoms with E-state index in [1.807, 2.05) is 37.3 Å². The number of amides is 2. The highest BCUT2D eigenvalue weighted by Gasteiger charge is 2.32. The third kappa shape index (κ3) is 7.96. The number of ether oxygens (including phenoxy) is 3. The average Bonchev–Trinajstić information content (AvgIpc) is 3.54. The van der Waals surface area contributed by atoms with E-state index in [9.17, 15) is 24.8 Å². The third-order valence-electron chi connectivity index (χ3n) is 7.36. The molecule has 4 aromatic rings. The van der Waals surface area contributed by atoms with E-state index in [0.717, 1.165) is 26.9 Å². The monoisotopic (exact) mass is 676 g/mol. The molecule has 2 heterocycles. The van der Waals surface area contributed by atoms with Gasteiger partial charge in [-0.05, 0) is 60.9 Å². The Hall–Kier alpha value is -4.79. The number of pyridine rings is 1. The number of fused-ring (bicyclic) bond motifs is 1. The number of nitro benzene ring substituents is 1. The average molecular weight is 677 g/mol. The van der Waals surface area contributed by atoms with Crippen molar-refractivity contribution >= 4 is 61.4 Å². The van der Waals surface area contributed by atoms with Gasteiger partial charge in [-0.15, -0.1) is 0 Å². The fourth-order valence-corrected chi connectivity index (χ4v) is 6.92. The van der Waals surface area contributed by atoms with Crippen LogP contribution in [0.5, 0.6) is 11.5 Å². The Labute approximate surface area is 278 Å². The standard InChI is InChI=1S/C33H32N4O8S2/c1-20(46-47-26-9-7-24(8-10-26)37(41)42)19-45-33(40)35-29-16-31(44-3)30(43-2)15-27(29)32(39)36-17-23(14-25(36)18-38)21-6-11-28-22(13-21)5-4-12-34-28/h4-13,15-17,20,25,38H,14,18-19H2,1-3H3,(H,35,40)/t20-,25?/m1/s1. The van der Waals surface area contributed by atoms with Gasteiger partial charge in [0, 0.05) is 46.1 Å². The highest BCUT2D eigenvalue weighted by molar-refractivity contribution is 8.76. The maximum absolute atomic E-state index is 14.0. The second-order valence-corrected chi connectivity index (χ2v) is 13.2. The number of hydrogen-bond donors (Lipinski definition) is 2. The molecule has 47 heavy (non-hydrogen) atoms.